The first kappa shape index (κ1) is 18.9. The molecule has 1 aromatic heterocycles. The first-order chi connectivity index (χ1) is 13.1. The van der Waals surface area contributed by atoms with E-state index in [-0.39, 0.29) is 11.9 Å². The van der Waals surface area contributed by atoms with Gasteiger partial charge in [-0.1, -0.05) is 12.8 Å². The quantitative estimate of drug-likeness (QED) is 0.695. The van der Waals surface area contributed by atoms with Crippen molar-refractivity contribution in [3.8, 4) is 11.5 Å². The summed E-state index contributed by atoms with van der Waals surface area (Å²) in [5.74, 6) is 1.85. The largest absolute Gasteiger partial charge is 0.497 e. The number of carbonyl (C=O) groups excluding carboxylic acids is 1. The van der Waals surface area contributed by atoms with Crippen molar-refractivity contribution >= 4 is 11.9 Å². The van der Waals surface area contributed by atoms with E-state index in [9.17, 15) is 4.79 Å². The average Bonchev–Trinajstić information content (AvgIpc) is 3.18. The van der Waals surface area contributed by atoms with Gasteiger partial charge >= 0.3 is 0 Å². The minimum Gasteiger partial charge on any atom is -0.497 e. The minimum absolute atomic E-state index is 0.134. The van der Waals surface area contributed by atoms with Crippen LogP contribution in [0.5, 0.6) is 11.5 Å². The summed E-state index contributed by atoms with van der Waals surface area (Å²) in [6.45, 7) is 2.83. The number of hydrogen-bond donors (Lipinski definition) is 2. The fourth-order valence-electron chi connectivity index (χ4n) is 3.10. The molecule has 1 aliphatic carbocycles. The van der Waals surface area contributed by atoms with Crippen molar-refractivity contribution in [1.82, 2.24) is 15.3 Å². The second-order valence-electron chi connectivity index (χ2n) is 6.62. The van der Waals surface area contributed by atoms with E-state index >= 15 is 0 Å². The fourth-order valence-corrected chi connectivity index (χ4v) is 3.10. The molecule has 1 heterocycles. The first-order valence-electron chi connectivity index (χ1n) is 9.31. The predicted octanol–water partition coefficient (Wildman–Crippen LogP) is 2.96. The van der Waals surface area contributed by atoms with Gasteiger partial charge in [-0.05, 0) is 50.1 Å². The lowest BCUT2D eigenvalue weighted by Crippen LogP contribution is -2.33. The highest BCUT2D eigenvalue weighted by Gasteiger charge is 2.19. The molecule has 0 spiro atoms. The van der Waals surface area contributed by atoms with Gasteiger partial charge < -0.3 is 20.1 Å². The molecule has 27 heavy (non-hydrogen) atoms. The number of amides is 1. The molecule has 7 heteroatoms. The molecular weight excluding hydrogens is 344 g/mol. The fraction of sp³-hybridized carbons (Fsp3) is 0.450. The summed E-state index contributed by atoms with van der Waals surface area (Å²) in [6, 6.07) is 9.38. The van der Waals surface area contributed by atoms with Crippen LogP contribution < -0.4 is 20.1 Å². The van der Waals surface area contributed by atoms with Gasteiger partial charge in [0.2, 0.25) is 5.95 Å². The van der Waals surface area contributed by atoms with Crippen molar-refractivity contribution in [2.24, 2.45) is 0 Å². The van der Waals surface area contributed by atoms with Crippen LogP contribution in [0.4, 0.5) is 5.95 Å². The van der Waals surface area contributed by atoms with E-state index in [0.717, 1.165) is 30.0 Å². The Balaban J connectivity index is 1.50. The van der Waals surface area contributed by atoms with Gasteiger partial charge in [-0.25, -0.2) is 9.97 Å². The van der Waals surface area contributed by atoms with Gasteiger partial charge in [-0.3, -0.25) is 4.79 Å². The third kappa shape index (κ3) is 5.57. The maximum Gasteiger partial charge on any atom is 0.270 e. The van der Waals surface area contributed by atoms with Crippen molar-refractivity contribution < 1.29 is 14.3 Å². The number of aromatic nitrogens is 2. The minimum atomic E-state index is -0.134. The van der Waals surface area contributed by atoms with Gasteiger partial charge in [0.15, 0.2) is 0 Å². The summed E-state index contributed by atoms with van der Waals surface area (Å²) in [5.41, 5.74) is 1.15. The summed E-state index contributed by atoms with van der Waals surface area (Å²) >= 11 is 0. The van der Waals surface area contributed by atoms with Crippen molar-refractivity contribution in [3.63, 3.8) is 0 Å². The molecule has 3 rings (SSSR count). The Hall–Kier alpha value is -2.83. The number of nitrogens with one attached hydrogen (secondary N) is 2. The number of nitrogens with zero attached hydrogens (tertiary/aromatic N) is 2. The third-order valence-electron chi connectivity index (χ3n) is 4.49. The Morgan fingerprint density at radius 2 is 1.85 bits per heavy atom. The van der Waals surface area contributed by atoms with Crippen LogP contribution in [0.2, 0.25) is 0 Å². The number of anilines is 1. The predicted molar refractivity (Wildman–Crippen MR) is 103 cm³/mol. The zero-order valence-corrected chi connectivity index (χ0v) is 15.8. The Labute approximate surface area is 159 Å². The molecule has 0 atom stereocenters. The molecule has 0 aliphatic heterocycles. The summed E-state index contributed by atoms with van der Waals surface area (Å²) in [5, 5.41) is 6.17. The van der Waals surface area contributed by atoms with Crippen LogP contribution in [-0.2, 0) is 0 Å². The molecule has 7 nitrogen and oxygen atoms in total. The third-order valence-corrected chi connectivity index (χ3v) is 4.49. The molecule has 144 valence electrons. The van der Waals surface area contributed by atoms with Crippen LogP contribution in [0.25, 0.3) is 0 Å². The van der Waals surface area contributed by atoms with Gasteiger partial charge in [0, 0.05) is 11.7 Å². The molecular formula is C20H26N4O3. The SMILES string of the molecule is COc1ccc(OCCNc2nc(C)cc(C(=O)NC3CCCC3)n2)cc1. The van der Waals surface area contributed by atoms with Crippen molar-refractivity contribution in [2.45, 2.75) is 38.6 Å². The highest BCUT2D eigenvalue weighted by molar-refractivity contribution is 5.92. The van der Waals surface area contributed by atoms with E-state index < -0.39 is 0 Å². The van der Waals surface area contributed by atoms with E-state index in [1.54, 1.807) is 13.2 Å². The molecule has 1 amide bonds. The normalized spacial score (nSPS) is 14.0. The maximum absolute atomic E-state index is 12.4. The van der Waals surface area contributed by atoms with E-state index in [1.807, 2.05) is 31.2 Å². The van der Waals surface area contributed by atoms with Gasteiger partial charge in [0.1, 0.15) is 23.8 Å². The zero-order valence-electron chi connectivity index (χ0n) is 15.8. The highest BCUT2D eigenvalue weighted by atomic mass is 16.5. The number of methoxy groups -OCH3 is 1. The molecule has 1 fully saturated rings. The molecule has 0 unspecified atom stereocenters. The summed E-state index contributed by atoms with van der Waals surface area (Å²) in [6.07, 6.45) is 4.44. The number of hydrogen-bond acceptors (Lipinski definition) is 6. The smallest absolute Gasteiger partial charge is 0.270 e. The van der Waals surface area contributed by atoms with Crippen molar-refractivity contribution in [3.05, 3.63) is 41.7 Å². The van der Waals surface area contributed by atoms with Gasteiger partial charge in [0.05, 0.1) is 13.7 Å². The number of ether oxygens (including phenoxy) is 2. The maximum atomic E-state index is 12.4. The highest BCUT2D eigenvalue weighted by Crippen LogP contribution is 2.18. The monoisotopic (exact) mass is 370 g/mol. The van der Waals surface area contributed by atoms with Crippen LogP contribution in [-0.4, -0.2) is 42.2 Å². The lowest BCUT2D eigenvalue weighted by molar-refractivity contribution is 0.0932. The molecule has 1 saturated carbocycles. The summed E-state index contributed by atoms with van der Waals surface area (Å²) < 4.78 is 10.8. The van der Waals surface area contributed by atoms with Crippen molar-refractivity contribution in [1.29, 1.82) is 0 Å². The lowest BCUT2D eigenvalue weighted by Gasteiger charge is -2.13. The van der Waals surface area contributed by atoms with Crippen LogP contribution in [0.15, 0.2) is 30.3 Å². The second kappa shape index (κ2) is 9.21. The van der Waals surface area contributed by atoms with Gasteiger partial charge in [-0.15, -0.1) is 0 Å². The van der Waals surface area contributed by atoms with Crippen LogP contribution >= 0.6 is 0 Å². The standard InChI is InChI=1S/C20H26N4O3/c1-14-13-18(19(25)23-15-5-3-4-6-15)24-20(22-14)21-11-12-27-17-9-7-16(26-2)8-10-17/h7-10,13,15H,3-6,11-12H2,1-2H3,(H,23,25)(H,21,22,24). The Bertz CT molecular complexity index is 758. The van der Waals surface area contributed by atoms with Gasteiger partial charge in [-0.2, -0.15) is 0 Å². The molecule has 0 bridgehead atoms. The van der Waals surface area contributed by atoms with Crippen molar-refractivity contribution in [2.75, 3.05) is 25.6 Å². The zero-order chi connectivity index (χ0) is 19.1. The van der Waals surface area contributed by atoms with Gasteiger partial charge in [0.25, 0.3) is 5.91 Å². The topological polar surface area (TPSA) is 85.4 Å². The van der Waals surface area contributed by atoms with E-state index in [1.165, 1.54) is 12.8 Å². The molecule has 0 saturated heterocycles. The first-order valence-corrected chi connectivity index (χ1v) is 9.31. The Kier molecular flexibility index (Phi) is 6.46. The second-order valence-corrected chi connectivity index (χ2v) is 6.62. The molecule has 2 N–H and O–H groups in total. The average molecular weight is 370 g/mol. The Morgan fingerprint density at radius 3 is 2.56 bits per heavy atom. The number of carbonyl (C=O) groups is 1. The summed E-state index contributed by atoms with van der Waals surface area (Å²) in [7, 11) is 1.63. The number of benzene rings is 1. The number of rotatable bonds is 8. The van der Waals surface area contributed by atoms with Crippen LogP contribution in [0, 0.1) is 6.92 Å². The number of aryl methyl sites for hydroxylation is 1. The molecule has 2 aromatic rings. The molecule has 0 radical (unpaired) electrons. The Morgan fingerprint density at radius 1 is 1.15 bits per heavy atom. The van der Waals surface area contributed by atoms with Crippen LogP contribution in [0.1, 0.15) is 41.9 Å². The van der Waals surface area contributed by atoms with E-state index in [0.29, 0.717) is 24.8 Å². The lowest BCUT2D eigenvalue weighted by atomic mass is 10.2. The molecule has 1 aliphatic rings. The summed E-state index contributed by atoms with van der Waals surface area (Å²) in [4.78, 5) is 21.1. The van der Waals surface area contributed by atoms with E-state index in [4.69, 9.17) is 9.47 Å². The molecule has 1 aromatic carbocycles. The van der Waals surface area contributed by atoms with E-state index in [2.05, 4.69) is 20.6 Å². The van der Waals surface area contributed by atoms with Crippen LogP contribution in [0.3, 0.4) is 0 Å².